The fourth-order valence-corrected chi connectivity index (χ4v) is 2.73. The molecular formula is C19H18N2O4. The maximum atomic E-state index is 12.1. The maximum absolute atomic E-state index is 12.1. The Hall–Kier alpha value is -3.15. The van der Waals surface area contributed by atoms with Crippen molar-refractivity contribution in [2.24, 2.45) is 5.16 Å². The summed E-state index contributed by atoms with van der Waals surface area (Å²) in [5.74, 6) is -1.30. The highest BCUT2D eigenvalue weighted by atomic mass is 16.7. The number of amides is 1. The first kappa shape index (κ1) is 16.7. The van der Waals surface area contributed by atoms with Gasteiger partial charge in [0, 0.05) is 18.4 Å². The smallest absolute Gasteiger partial charge is 0.351 e. The summed E-state index contributed by atoms with van der Waals surface area (Å²) in [6, 6.07) is 18.1. The number of carboxylic acid groups (broad SMARTS) is 1. The van der Waals surface area contributed by atoms with Crippen molar-refractivity contribution in [1.29, 1.82) is 0 Å². The van der Waals surface area contributed by atoms with Crippen LogP contribution in [0.25, 0.3) is 0 Å². The SMILES string of the molecule is O=C(NCC1=NOC(Cc2ccccc2)(C(=O)O)C1)c1ccccc1. The van der Waals surface area contributed by atoms with Crippen LogP contribution in [0.4, 0.5) is 0 Å². The van der Waals surface area contributed by atoms with Gasteiger partial charge in [-0.15, -0.1) is 0 Å². The van der Waals surface area contributed by atoms with E-state index < -0.39 is 11.6 Å². The first-order chi connectivity index (χ1) is 12.1. The fraction of sp³-hybridized carbons (Fsp3) is 0.211. The summed E-state index contributed by atoms with van der Waals surface area (Å²) in [4.78, 5) is 29.1. The van der Waals surface area contributed by atoms with Crippen LogP contribution in [0.2, 0.25) is 0 Å². The van der Waals surface area contributed by atoms with Gasteiger partial charge in [0.1, 0.15) is 0 Å². The molecule has 0 aliphatic carbocycles. The second-order valence-electron chi connectivity index (χ2n) is 5.94. The van der Waals surface area contributed by atoms with E-state index in [9.17, 15) is 14.7 Å². The first-order valence-electron chi connectivity index (χ1n) is 7.93. The maximum Gasteiger partial charge on any atom is 0.351 e. The highest BCUT2D eigenvalue weighted by molar-refractivity contribution is 5.99. The second kappa shape index (κ2) is 7.17. The van der Waals surface area contributed by atoms with Gasteiger partial charge in [0.15, 0.2) is 0 Å². The van der Waals surface area contributed by atoms with Gasteiger partial charge in [0.2, 0.25) is 5.60 Å². The van der Waals surface area contributed by atoms with Crippen LogP contribution in [0.15, 0.2) is 65.8 Å². The molecular weight excluding hydrogens is 320 g/mol. The highest BCUT2D eigenvalue weighted by Gasteiger charge is 2.46. The molecule has 0 saturated heterocycles. The molecule has 3 rings (SSSR count). The molecule has 128 valence electrons. The third-order valence-corrected chi connectivity index (χ3v) is 4.05. The first-order valence-corrected chi connectivity index (χ1v) is 7.93. The Morgan fingerprint density at radius 2 is 1.72 bits per heavy atom. The molecule has 0 radical (unpaired) electrons. The number of hydrogen-bond acceptors (Lipinski definition) is 4. The van der Waals surface area contributed by atoms with Crippen LogP contribution in [0, 0.1) is 0 Å². The van der Waals surface area contributed by atoms with Crippen molar-refractivity contribution in [3.63, 3.8) is 0 Å². The fourth-order valence-electron chi connectivity index (χ4n) is 2.73. The number of nitrogens with zero attached hydrogens (tertiary/aromatic N) is 1. The molecule has 1 amide bonds. The largest absolute Gasteiger partial charge is 0.478 e. The molecule has 1 atom stereocenters. The van der Waals surface area contributed by atoms with E-state index in [4.69, 9.17) is 4.84 Å². The second-order valence-corrected chi connectivity index (χ2v) is 5.94. The van der Waals surface area contributed by atoms with Gasteiger partial charge in [-0.3, -0.25) is 4.79 Å². The summed E-state index contributed by atoms with van der Waals surface area (Å²) in [7, 11) is 0. The van der Waals surface area contributed by atoms with Gasteiger partial charge in [-0.05, 0) is 17.7 Å². The summed E-state index contributed by atoms with van der Waals surface area (Å²) in [6.07, 6.45) is 0.342. The molecule has 25 heavy (non-hydrogen) atoms. The minimum Gasteiger partial charge on any atom is -0.478 e. The van der Waals surface area contributed by atoms with Gasteiger partial charge in [-0.1, -0.05) is 53.7 Å². The van der Waals surface area contributed by atoms with Gasteiger partial charge in [-0.2, -0.15) is 0 Å². The van der Waals surface area contributed by atoms with Gasteiger partial charge < -0.3 is 15.3 Å². The van der Waals surface area contributed by atoms with Gasteiger partial charge >= 0.3 is 5.97 Å². The van der Waals surface area contributed by atoms with Crippen molar-refractivity contribution in [1.82, 2.24) is 5.32 Å². The minimum absolute atomic E-state index is 0.131. The average molecular weight is 338 g/mol. The van der Waals surface area contributed by atoms with Crippen LogP contribution < -0.4 is 5.32 Å². The zero-order valence-corrected chi connectivity index (χ0v) is 13.5. The lowest BCUT2D eigenvalue weighted by Gasteiger charge is -2.21. The Morgan fingerprint density at radius 1 is 1.08 bits per heavy atom. The van der Waals surface area contributed by atoms with Gasteiger partial charge in [0.05, 0.1) is 12.3 Å². The Labute approximate surface area is 145 Å². The number of benzene rings is 2. The highest BCUT2D eigenvalue weighted by Crippen LogP contribution is 2.28. The Bertz CT molecular complexity index is 790. The van der Waals surface area contributed by atoms with Crippen molar-refractivity contribution in [3.8, 4) is 0 Å². The number of nitrogens with one attached hydrogen (secondary N) is 1. The summed E-state index contributed by atoms with van der Waals surface area (Å²) in [5.41, 5.74) is 0.474. The molecule has 1 aliphatic rings. The molecule has 2 aromatic carbocycles. The molecule has 1 aliphatic heterocycles. The number of carbonyl (C=O) groups excluding carboxylic acids is 1. The Kier molecular flexibility index (Phi) is 4.79. The lowest BCUT2D eigenvalue weighted by atomic mass is 9.90. The third kappa shape index (κ3) is 3.85. The Morgan fingerprint density at radius 3 is 2.36 bits per heavy atom. The van der Waals surface area contributed by atoms with E-state index in [1.165, 1.54) is 0 Å². The lowest BCUT2D eigenvalue weighted by Crippen LogP contribution is -2.42. The van der Waals surface area contributed by atoms with E-state index in [0.29, 0.717) is 11.3 Å². The summed E-state index contributed by atoms with van der Waals surface area (Å²) < 4.78 is 0. The number of carboxylic acids is 1. The summed E-state index contributed by atoms with van der Waals surface area (Å²) in [5, 5.41) is 16.2. The number of oxime groups is 1. The van der Waals surface area contributed by atoms with Crippen LogP contribution in [-0.2, 0) is 16.1 Å². The van der Waals surface area contributed by atoms with Crippen LogP contribution in [-0.4, -0.2) is 34.8 Å². The topological polar surface area (TPSA) is 88.0 Å². The van der Waals surface area contributed by atoms with Crippen LogP contribution in [0.1, 0.15) is 22.3 Å². The normalized spacial score (nSPS) is 19.0. The zero-order chi connectivity index (χ0) is 17.7. The third-order valence-electron chi connectivity index (χ3n) is 4.05. The van der Waals surface area contributed by atoms with Gasteiger partial charge in [-0.25, -0.2) is 4.79 Å². The van der Waals surface area contributed by atoms with Crippen molar-refractivity contribution >= 4 is 17.6 Å². The molecule has 1 unspecified atom stereocenters. The molecule has 0 fully saturated rings. The standard InChI is InChI=1S/C19H18N2O4/c22-17(15-9-5-2-6-10-15)20-13-16-12-19(18(23)24,25-21-16)11-14-7-3-1-4-8-14/h1-10H,11-13H2,(H,20,22)(H,23,24). The van der Waals surface area contributed by atoms with E-state index in [1.54, 1.807) is 24.3 Å². The quantitative estimate of drug-likeness (QED) is 0.846. The van der Waals surface area contributed by atoms with Crippen LogP contribution in [0.5, 0.6) is 0 Å². The molecule has 0 bridgehead atoms. The average Bonchev–Trinajstić information content (AvgIpc) is 3.06. The zero-order valence-electron chi connectivity index (χ0n) is 13.5. The molecule has 6 heteroatoms. The van der Waals surface area contributed by atoms with Gasteiger partial charge in [0.25, 0.3) is 5.91 Å². The number of carbonyl (C=O) groups is 2. The Balaban J connectivity index is 1.62. The number of aliphatic carboxylic acids is 1. The lowest BCUT2D eigenvalue weighted by molar-refractivity contribution is -0.162. The predicted molar refractivity (Wildman–Crippen MR) is 92.4 cm³/mol. The van der Waals surface area contributed by atoms with E-state index in [-0.39, 0.29) is 25.3 Å². The van der Waals surface area contributed by atoms with Crippen LogP contribution >= 0.6 is 0 Å². The minimum atomic E-state index is -1.42. The van der Waals surface area contributed by atoms with E-state index >= 15 is 0 Å². The van der Waals surface area contributed by atoms with Crippen molar-refractivity contribution in [2.75, 3.05) is 6.54 Å². The molecule has 6 nitrogen and oxygen atoms in total. The molecule has 2 N–H and O–H groups in total. The van der Waals surface area contributed by atoms with E-state index in [0.717, 1.165) is 5.56 Å². The van der Waals surface area contributed by atoms with Crippen molar-refractivity contribution in [3.05, 3.63) is 71.8 Å². The molecule has 2 aromatic rings. The molecule has 0 saturated carbocycles. The molecule has 0 spiro atoms. The summed E-state index contributed by atoms with van der Waals surface area (Å²) in [6.45, 7) is 0.150. The molecule has 0 aromatic heterocycles. The molecule has 1 heterocycles. The van der Waals surface area contributed by atoms with Crippen molar-refractivity contribution < 1.29 is 19.5 Å². The van der Waals surface area contributed by atoms with E-state index in [2.05, 4.69) is 10.5 Å². The van der Waals surface area contributed by atoms with Crippen LogP contribution in [0.3, 0.4) is 0 Å². The van der Waals surface area contributed by atoms with Crippen molar-refractivity contribution in [2.45, 2.75) is 18.4 Å². The summed E-state index contributed by atoms with van der Waals surface area (Å²) >= 11 is 0. The number of rotatable bonds is 6. The monoisotopic (exact) mass is 338 g/mol. The predicted octanol–water partition coefficient (Wildman–Crippen LogP) is 2.26. The number of hydrogen-bond donors (Lipinski definition) is 2. The van der Waals surface area contributed by atoms with E-state index in [1.807, 2.05) is 36.4 Å².